The highest BCUT2D eigenvalue weighted by atomic mass is 19.4. The molecule has 0 amide bonds. The van der Waals surface area contributed by atoms with Gasteiger partial charge in [-0.1, -0.05) is 23.4 Å². The van der Waals surface area contributed by atoms with Gasteiger partial charge in [0.05, 0.1) is 23.8 Å². The Morgan fingerprint density at radius 2 is 1.69 bits per heavy atom. The topological polar surface area (TPSA) is 75.8 Å². The quantitative estimate of drug-likeness (QED) is 0.323. The van der Waals surface area contributed by atoms with Crippen LogP contribution in [0.25, 0.3) is 11.3 Å². The van der Waals surface area contributed by atoms with Crippen molar-refractivity contribution >= 4 is 11.7 Å². The van der Waals surface area contributed by atoms with E-state index in [4.69, 9.17) is 14.4 Å². The molecular formula is C28H25F5N2O4. The number of carboxylic acid groups (broad SMARTS) is 1. The molecule has 1 unspecified atom stereocenters. The molecule has 3 aromatic rings. The zero-order valence-corrected chi connectivity index (χ0v) is 20.7. The molecule has 2 aliphatic heterocycles. The van der Waals surface area contributed by atoms with Crippen LogP contribution in [0.4, 0.5) is 27.6 Å². The average molecular weight is 549 g/mol. The number of piperidine rings is 1. The molecule has 39 heavy (non-hydrogen) atoms. The second kappa shape index (κ2) is 9.62. The number of aromatic nitrogens is 1. The summed E-state index contributed by atoms with van der Waals surface area (Å²) in [6.07, 6.45) is -0.804. The fraction of sp³-hybridized carbons (Fsp3) is 0.429. The number of carbonyl (C=O) groups is 1. The van der Waals surface area contributed by atoms with E-state index in [0.717, 1.165) is 31.0 Å². The highest BCUT2D eigenvalue weighted by Gasteiger charge is 2.44. The Kier molecular flexibility index (Phi) is 6.36. The van der Waals surface area contributed by atoms with Crippen LogP contribution in [0.2, 0.25) is 0 Å². The minimum atomic E-state index is -4.56. The Morgan fingerprint density at radius 1 is 1.05 bits per heavy atom. The lowest BCUT2D eigenvalue weighted by Gasteiger charge is -2.40. The Labute approximate surface area is 220 Å². The van der Waals surface area contributed by atoms with Crippen LogP contribution in [0.5, 0.6) is 0 Å². The first-order chi connectivity index (χ1) is 18.6. The standard InChI is InChI=1S/C28H25F5N2O4/c29-22-9-15(27(36)37)10-23(30)25(22)35-16-7-8-17(35)12-18(11-16)38-13-20-24(34-39-26(20)14-5-6-14)19-3-1-2-4-21(19)28(31,32)33/h1-4,9-10,14,16-18H,5-8,11-13H2,(H,36,37)/t16-,17+,18?. The molecule has 3 atom stereocenters. The lowest BCUT2D eigenvalue weighted by Crippen LogP contribution is -2.46. The molecule has 3 aliphatic rings. The van der Waals surface area contributed by atoms with Crippen molar-refractivity contribution in [1.82, 2.24) is 5.16 Å². The number of hydrogen-bond donors (Lipinski definition) is 1. The summed E-state index contributed by atoms with van der Waals surface area (Å²) in [4.78, 5) is 12.9. The summed E-state index contributed by atoms with van der Waals surface area (Å²) in [5.74, 6) is -2.61. The molecule has 6 rings (SSSR count). The van der Waals surface area contributed by atoms with Crippen LogP contribution in [0.3, 0.4) is 0 Å². The van der Waals surface area contributed by atoms with Crippen molar-refractivity contribution < 1.29 is 41.1 Å². The van der Waals surface area contributed by atoms with Crippen molar-refractivity contribution in [3.05, 3.63) is 70.5 Å². The molecule has 1 saturated carbocycles. The number of ether oxygens (including phenoxy) is 1. The maximum Gasteiger partial charge on any atom is 0.417 e. The van der Waals surface area contributed by atoms with Gasteiger partial charge in [-0.15, -0.1) is 0 Å². The number of rotatable bonds is 7. The normalized spacial score (nSPS) is 22.9. The highest BCUT2D eigenvalue weighted by molar-refractivity contribution is 5.88. The van der Waals surface area contributed by atoms with E-state index < -0.39 is 34.9 Å². The molecule has 11 heteroatoms. The van der Waals surface area contributed by atoms with Crippen LogP contribution < -0.4 is 4.90 Å². The van der Waals surface area contributed by atoms with Gasteiger partial charge in [0.25, 0.3) is 0 Å². The number of aromatic carboxylic acids is 1. The number of anilines is 1. The van der Waals surface area contributed by atoms with Gasteiger partial charge in [-0.2, -0.15) is 13.2 Å². The minimum absolute atomic E-state index is 0.0109. The number of fused-ring (bicyclic) bond motifs is 2. The molecule has 0 radical (unpaired) electrons. The van der Waals surface area contributed by atoms with Gasteiger partial charge < -0.3 is 19.3 Å². The van der Waals surface area contributed by atoms with Crippen molar-refractivity contribution in [2.45, 2.75) is 75.4 Å². The van der Waals surface area contributed by atoms with Crippen LogP contribution in [-0.4, -0.2) is 34.4 Å². The minimum Gasteiger partial charge on any atom is -0.478 e. The molecule has 1 N–H and O–H groups in total. The largest absolute Gasteiger partial charge is 0.478 e. The summed E-state index contributed by atoms with van der Waals surface area (Å²) in [5.41, 5.74) is -0.927. The first-order valence-electron chi connectivity index (χ1n) is 12.9. The Morgan fingerprint density at radius 3 is 2.28 bits per heavy atom. The molecule has 2 bridgehead atoms. The third-order valence-electron chi connectivity index (χ3n) is 7.93. The maximum absolute atomic E-state index is 14.8. The molecule has 0 spiro atoms. The van der Waals surface area contributed by atoms with Gasteiger partial charge in [0.1, 0.15) is 28.8 Å². The first kappa shape index (κ1) is 25.8. The summed E-state index contributed by atoms with van der Waals surface area (Å²) in [7, 11) is 0. The first-order valence-corrected chi connectivity index (χ1v) is 12.9. The van der Waals surface area contributed by atoms with Crippen LogP contribution in [0.1, 0.15) is 71.7 Å². The SMILES string of the molecule is O=C(O)c1cc(F)c(N2[C@@H]3CC[C@H]2CC(OCc2c(-c4ccccc4C(F)(F)F)noc2C2CC2)C3)c(F)c1. The molecule has 1 aliphatic carbocycles. The van der Waals surface area contributed by atoms with Crippen molar-refractivity contribution in [2.24, 2.45) is 0 Å². The Balaban J connectivity index is 1.23. The van der Waals surface area contributed by atoms with Gasteiger partial charge in [-0.05, 0) is 56.7 Å². The smallest absolute Gasteiger partial charge is 0.417 e. The lowest BCUT2D eigenvalue weighted by molar-refractivity contribution is -0.137. The van der Waals surface area contributed by atoms with E-state index in [1.807, 2.05) is 0 Å². The monoisotopic (exact) mass is 548 g/mol. The summed E-state index contributed by atoms with van der Waals surface area (Å²) < 4.78 is 82.6. The van der Waals surface area contributed by atoms with Gasteiger partial charge in [-0.3, -0.25) is 0 Å². The predicted octanol–water partition coefficient (Wildman–Crippen LogP) is 6.93. The Bertz CT molecular complexity index is 1380. The number of alkyl halides is 3. The second-order valence-corrected chi connectivity index (χ2v) is 10.5. The van der Waals surface area contributed by atoms with Gasteiger partial charge in [-0.25, -0.2) is 13.6 Å². The lowest BCUT2D eigenvalue weighted by atomic mass is 9.97. The molecule has 3 heterocycles. The fourth-order valence-electron chi connectivity index (χ4n) is 6.04. The number of benzene rings is 2. The predicted molar refractivity (Wildman–Crippen MR) is 129 cm³/mol. The van der Waals surface area contributed by atoms with E-state index in [2.05, 4.69) is 5.16 Å². The maximum atomic E-state index is 14.8. The third-order valence-corrected chi connectivity index (χ3v) is 7.93. The third kappa shape index (κ3) is 4.77. The molecule has 206 valence electrons. The number of nitrogens with zero attached hydrogens (tertiary/aromatic N) is 2. The molecule has 6 nitrogen and oxygen atoms in total. The Hall–Kier alpha value is -3.47. The van der Waals surface area contributed by atoms with Crippen molar-refractivity contribution in [1.29, 1.82) is 0 Å². The van der Waals surface area contributed by atoms with Crippen LogP contribution in [0.15, 0.2) is 40.9 Å². The summed E-state index contributed by atoms with van der Waals surface area (Å²) in [6, 6.07) is 6.46. The molecular weight excluding hydrogens is 523 g/mol. The summed E-state index contributed by atoms with van der Waals surface area (Å²) in [6.45, 7) is 0.0109. The second-order valence-electron chi connectivity index (χ2n) is 10.5. The highest BCUT2D eigenvalue weighted by Crippen LogP contribution is 2.47. The van der Waals surface area contributed by atoms with E-state index in [9.17, 15) is 26.7 Å². The van der Waals surface area contributed by atoms with Crippen LogP contribution >= 0.6 is 0 Å². The summed E-state index contributed by atoms with van der Waals surface area (Å²) >= 11 is 0. The van der Waals surface area contributed by atoms with Gasteiger partial charge in [0, 0.05) is 29.1 Å². The van der Waals surface area contributed by atoms with Gasteiger partial charge in [0.15, 0.2) is 0 Å². The fourth-order valence-corrected chi connectivity index (χ4v) is 6.04. The van der Waals surface area contributed by atoms with E-state index >= 15 is 0 Å². The van der Waals surface area contributed by atoms with Crippen molar-refractivity contribution in [2.75, 3.05) is 4.90 Å². The average Bonchev–Trinajstić information content (AvgIpc) is 3.59. The van der Waals surface area contributed by atoms with E-state index in [0.29, 0.717) is 37.0 Å². The van der Waals surface area contributed by atoms with E-state index in [1.165, 1.54) is 18.2 Å². The van der Waals surface area contributed by atoms with Crippen molar-refractivity contribution in [3.63, 3.8) is 0 Å². The molecule has 1 aromatic heterocycles. The van der Waals surface area contributed by atoms with Crippen LogP contribution in [0, 0.1) is 11.6 Å². The van der Waals surface area contributed by atoms with Crippen LogP contribution in [-0.2, 0) is 17.5 Å². The summed E-state index contributed by atoms with van der Waals surface area (Å²) in [5, 5.41) is 13.1. The van der Waals surface area contributed by atoms with Gasteiger partial charge >= 0.3 is 12.1 Å². The molecule has 2 aromatic carbocycles. The number of hydrogen-bond acceptors (Lipinski definition) is 5. The molecule has 2 saturated heterocycles. The van der Waals surface area contributed by atoms with Gasteiger partial charge in [0.2, 0.25) is 0 Å². The van der Waals surface area contributed by atoms with E-state index in [-0.39, 0.29) is 47.7 Å². The van der Waals surface area contributed by atoms with Crippen molar-refractivity contribution in [3.8, 4) is 11.3 Å². The zero-order valence-electron chi connectivity index (χ0n) is 20.7. The van der Waals surface area contributed by atoms with E-state index in [1.54, 1.807) is 4.90 Å². The molecule has 3 fully saturated rings. The number of halogens is 5. The zero-order chi connectivity index (χ0) is 27.5. The number of carboxylic acids is 1.